The largest absolute Gasteiger partial charge is 0.207 e. The van der Waals surface area contributed by atoms with Gasteiger partial charge in [-0.3, -0.25) is 0 Å². The molecule has 16 heavy (non-hydrogen) atoms. The minimum Gasteiger partial charge on any atom is -0.207 e. The Balaban J connectivity index is 2.41. The second-order valence-corrected chi connectivity index (χ2v) is 5.91. The van der Waals surface area contributed by atoms with Gasteiger partial charge in [0.2, 0.25) is 0 Å². The van der Waals surface area contributed by atoms with E-state index in [2.05, 4.69) is 15.9 Å². The molecule has 0 amide bonds. The molecule has 0 aliphatic heterocycles. The molecule has 5 heteroatoms. The van der Waals surface area contributed by atoms with Gasteiger partial charge in [-0.2, -0.15) is 0 Å². The lowest BCUT2D eigenvalue weighted by Gasteiger charge is -2.09. The molecule has 0 spiro atoms. The summed E-state index contributed by atoms with van der Waals surface area (Å²) in [4.78, 5) is 0.834. The number of benzene rings is 1. The van der Waals surface area contributed by atoms with Crippen LogP contribution >= 0.6 is 50.5 Å². The SMILES string of the molecule is Fc1cc(Br)cc(C(Cl)c2sccc2Cl)c1. The molecule has 2 aromatic rings. The molecule has 0 aliphatic rings. The van der Waals surface area contributed by atoms with Crippen LogP contribution in [0.1, 0.15) is 15.8 Å². The molecule has 2 rings (SSSR count). The normalized spacial score (nSPS) is 12.8. The molecular weight excluding hydrogens is 334 g/mol. The number of rotatable bonds is 2. The number of alkyl halides is 1. The molecule has 1 heterocycles. The summed E-state index contributed by atoms with van der Waals surface area (Å²) in [6.07, 6.45) is 0. The number of hydrogen-bond acceptors (Lipinski definition) is 1. The fourth-order valence-electron chi connectivity index (χ4n) is 1.36. The minimum atomic E-state index is -0.417. The predicted octanol–water partition coefficient (Wildman–Crippen LogP) is 5.63. The molecule has 1 unspecified atom stereocenters. The highest BCUT2D eigenvalue weighted by atomic mass is 79.9. The van der Waals surface area contributed by atoms with Gasteiger partial charge in [0.1, 0.15) is 5.82 Å². The summed E-state index contributed by atoms with van der Waals surface area (Å²) in [5.74, 6) is -0.317. The Kier molecular flexibility index (Phi) is 3.90. The van der Waals surface area contributed by atoms with E-state index in [0.29, 0.717) is 15.1 Å². The van der Waals surface area contributed by atoms with E-state index in [4.69, 9.17) is 23.2 Å². The number of hydrogen-bond donors (Lipinski definition) is 0. The van der Waals surface area contributed by atoms with E-state index in [9.17, 15) is 4.39 Å². The molecule has 0 saturated carbocycles. The molecule has 84 valence electrons. The smallest absolute Gasteiger partial charge is 0.124 e. The first-order chi connectivity index (χ1) is 7.58. The standard InChI is InChI=1S/C11H6BrCl2FS/c12-7-3-6(4-8(15)5-7)10(14)11-9(13)1-2-16-11/h1-5,10H. The Morgan fingerprint density at radius 1 is 1.31 bits per heavy atom. The predicted molar refractivity (Wildman–Crippen MR) is 71.1 cm³/mol. The van der Waals surface area contributed by atoms with Crippen LogP contribution in [0.5, 0.6) is 0 Å². The molecule has 0 fully saturated rings. The van der Waals surface area contributed by atoms with Crippen molar-refractivity contribution in [1.82, 2.24) is 0 Å². The fourth-order valence-corrected chi connectivity index (χ4v) is 3.46. The van der Waals surface area contributed by atoms with Crippen LogP contribution in [0.25, 0.3) is 0 Å². The molecule has 1 aromatic carbocycles. The lowest BCUT2D eigenvalue weighted by atomic mass is 10.1. The average molecular weight is 340 g/mol. The fraction of sp³-hybridized carbons (Fsp3) is 0.0909. The third-order valence-corrected chi connectivity index (χ3v) is 4.53. The molecule has 1 atom stereocenters. The van der Waals surface area contributed by atoms with Crippen molar-refractivity contribution >= 4 is 50.5 Å². The van der Waals surface area contributed by atoms with Crippen LogP contribution < -0.4 is 0 Å². The zero-order chi connectivity index (χ0) is 11.7. The van der Waals surface area contributed by atoms with Crippen molar-refractivity contribution < 1.29 is 4.39 Å². The Morgan fingerprint density at radius 2 is 2.06 bits per heavy atom. The summed E-state index contributed by atoms with van der Waals surface area (Å²) in [5, 5.41) is 2.06. The van der Waals surface area contributed by atoms with Gasteiger partial charge in [-0.15, -0.1) is 22.9 Å². The van der Waals surface area contributed by atoms with Crippen LogP contribution in [-0.2, 0) is 0 Å². The van der Waals surface area contributed by atoms with Crippen LogP contribution in [0.15, 0.2) is 34.1 Å². The van der Waals surface area contributed by atoms with E-state index in [1.54, 1.807) is 12.1 Å². The average Bonchev–Trinajstić information content (AvgIpc) is 2.62. The summed E-state index contributed by atoms with van der Waals surface area (Å²) < 4.78 is 13.9. The van der Waals surface area contributed by atoms with Crippen LogP contribution in [0, 0.1) is 5.82 Å². The van der Waals surface area contributed by atoms with Gasteiger partial charge in [-0.25, -0.2) is 4.39 Å². The first-order valence-corrected chi connectivity index (χ1v) is 6.89. The quantitative estimate of drug-likeness (QED) is 0.622. The second kappa shape index (κ2) is 5.05. The Labute approximate surface area is 115 Å². The van der Waals surface area contributed by atoms with Crippen molar-refractivity contribution in [2.75, 3.05) is 0 Å². The molecule has 0 aliphatic carbocycles. The maximum atomic E-state index is 13.2. The molecular formula is C11H6BrCl2FS. The van der Waals surface area contributed by atoms with Gasteiger partial charge in [0.25, 0.3) is 0 Å². The lowest BCUT2D eigenvalue weighted by Crippen LogP contribution is -1.92. The molecule has 1 aromatic heterocycles. The van der Waals surface area contributed by atoms with E-state index >= 15 is 0 Å². The highest BCUT2D eigenvalue weighted by molar-refractivity contribution is 9.10. The Hall–Kier alpha value is -0.0900. The molecule has 0 radical (unpaired) electrons. The van der Waals surface area contributed by atoms with Crippen molar-refractivity contribution in [3.05, 3.63) is 55.4 Å². The maximum absolute atomic E-state index is 13.2. The molecule has 0 N–H and O–H groups in total. The summed E-state index contributed by atoms with van der Waals surface area (Å²) >= 11 is 16.9. The monoisotopic (exact) mass is 338 g/mol. The second-order valence-electron chi connectivity index (χ2n) is 3.20. The lowest BCUT2D eigenvalue weighted by molar-refractivity contribution is 0.625. The highest BCUT2D eigenvalue weighted by Gasteiger charge is 2.16. The summed E-state index contributed by atoms with van der Waals surface area (Å²) in [5.41, 5.74) is 0.692. The first kappa shape index (κ1) is 12.4. The zero-order valence-corrected chi connectivity index (χ0v) is 11.8. The van der Waals surface area contributed by atoms with E-state index in [0.717, 1.165) is 4.88 Å². The van der Waals surface area contributed by atoms with Crippen LogP contribution in [0.4, 0.5) is 4.39 Å². The van der Waals surface area contributed by atoms with Gasteiger partial charge in [0.05, 0.1) is 10.4 Å². The van der Waals surface area contributed by atoms with E-state index in [1.165, 1.54) is 23.5 Å². The third-order valence-electron chi connectivity index (χ3n) is 2.05. The topological polar surface area (TPSA) is 0 Å². The van der Waals surface area contributed by atoms with Crippen LogP contribution in [0.3, 0.4) is 0 Å². The van der Waals surface area contributed by atoms with Crippen LogP contribution in [-0.4, -0.2) is 0 Å². The Bertz CT molecular complexity index is 492. The van der Waals surface area contributed by atoms with Crippen LogP contribution in [0.2, 0.25) is 5.02 Å². The maximum Gasteiger partial charge on any atom is 0.124 e. The first-order valence-electron chi connectivity index (χ1n) is 4.41. The van der Waals surface area contributed by atoms with E-state index < -0.39 is 5.38 Å². The number of thiophene rings is 1. The zero-order valence-electron chi connectivity index (χ0n) is 7.88. The minimum absolute atomic E-state index is 0.317. The van der Waals surface area contributed by atoms with Crippen molar-refractivity contribution in [3.8, 4) is 0 Å². The van der Waals surface area contributed by atoms with Gasteiger partial charge >= 0.3 is 0 Å². The van der Waals surface area contributed by atoms with Gasteiger partial charge in [0, 0.05) is 9.35 Å². The van der Waals surface area contributed by atoms with Gasteiger partial charge in [-0.1, -0.05) is 27.5 Å². The third kappa shape index (κ3) is 2.59. The molecule has 0 nitrogen and oxygen atoms in total. The van der Waals surface area contributed by atoms with Gasteiger partial charge in [0.15, 0.2) is 0 Å². The molecule has 0 bridgehead atoms. The van der Waals surface area contributed by atoms with Crippen molar-refractivity contribution in [2.24, 2.45) is 0 Å². The summed E-state index contributed by atoms with van der Waals surface area (Å²) in [6.45, 7) is 0. The summed E-state index contributed by atoms with van der Waals surface area (Å²) in [7, 11) is 0. The number of halogens is 4. The molecule has 0 saturated heterocycles. The van der Waals surface area contributed by atoms with E-state index in [-0.39, 0.29) is 5.82 Å². The van der Waals surface area contributed by atoms with Gasteiger partial charge in [-0.05, 0) is 35.2 Å². The van der Waals surface area contributed by atoms with Crippen molar-refractivity contribution in [2.45, 2.75) is 5.38 Å². The summed E-state index contributed by atoms with van der Waals surface area (Å²) in [6, 6.07) is 6.38. The van der Waals surface area contributed by atoms with Crippen molar-refractivity contribution in [1.29, 1.82) is 0 Å². The van der Waals surface area contributed by atoms with E-state index in [1.807, 2.05) is 5.38 Å². The highest BCUT2D eigenvalue weighted by Crippen LogP contribution is 2.38. The van der Waals surface area contributed by atoms with Crippen molar-refractivity contribution in [3.63, 3.8) is 0 Å². The Morgan fingerprint density at radius 3 is 2.62 bits per heavy atom. The van der Waals surface area contributed by atoms with Gasteiger partial charge < -0.3 is 0 Å².